The summed E-state index contributed by atoms with van der Waals surface area (Å²) in [5.41, 5.74) is 0.426. The van der Waals surface area contributed by atoms with Crippen molar-refractivity contribution in [1.29, 1.82) is 0 Å². The number of carbonyl (C=O) groups is 1. The van der Waals surface area contributed by atoms with Gasteiger partial charge in [-0.15, -0.1) is 0 Å². The van der Waals surface area contributed by atoms with Crippen LogP contribution in [0.5, 0.6) is 0 Å². The van der Waals surface area contributed by atoms with Gasteiger partial charge < -0.3 is 14.4 Å². The van der Waals surface area contributed by atoms with E-state index in [1.807, 2.05) is 32.6 Å². The van der Waals surface area contributed by atoms with Gasteiger partial charge in [-0.1, -0.05) is 0 Å². The van der Waals surface area contributed by atoms with Crippen molar-refractivity contribution in [2.45, 2.75) is 58.7 Å². The van der Waals surface area contributed by atoms with Crippen molar-refractivity contribution in [3.8, 4) is 0 Å². The SMILES string of the molecule is C[C@H](OCCC1CCN(C(=O)OC(C)(C)C)CC1)c1cnccn1. The largest absolute Gasteiger partial charge is 0.444 e. The molecule has 1 saturated heterocycles. The number of aromatic nitrogens is 2. The maximum Gasteiger partial charge on any atom is 0.410 e. The second-order valence-corrected chi connectivity index (χ2v) is 7.34. The average Bonchev–Trinajstić information content (AvgIpc) is 2.54. The summed E-state index contributed by atoms with van der Waals surface area (Å²) < 4.78 is 11.3. The predicted octanol–water partition coefficient (Wildman–Crippen LogP) is 3.59. The molecule has 6 heteroatoms. The lowest BCUT2D eigenvalue weighted by Crippen LogP contribution is -2.41. The molecule has 0 saturated carbocycles. The molecule has 1 aliphatic heterocycles. The normalized spacial score (nSPS) is 17.6. The summed E-state index contributed by atoms with van der Waals surface area (Å²) in [6, 6.07) is 0. The Kier molecular flexibility index (Phi) is 6.54. The van der Waals surface area contributed by atoms with Gasteiger partial charge in [0.15, 0.2) is 0 Å². The molecule has 2 heterocycles. The Bertz CT molecular complexity index is 508. The Morgan fingerprint density at radius 1 is 1.33 bits per heavy atom. The van der Waals surface area contributed by atoms with Crippen LogP contribution in [0.25, 0.3) is 0 Å². The van der Waals surface area contributed by atoms with Crippen molar-refractivity contribution in [1.82, 2.24) is 14.9 Å². The van der Waals surface area contributed by atoms with Crippen LogP contribution in [0.4, 0.5) is 4.79 Å². The minimum Gasteiger partial charge on any atom is -0.444 e. The van der Waals surface area contributed by atoms with Gasteiger partial charge in [0, 0.05) is 32.1 Å². The van der Waals surface area contributed by atoms with Crippen LogP contribution in [-0.4, -0.2) is 46.3 Å². The highest BCUT2D eigenvalue weighted by molar-refractivity contribution is 5.68. The lowest BCUT2D eigenvalue weighted by molar-refractivity contribution is 0.0142. The fraction of sp³-hybridized carbons (Fsp3) is 0.722. The molecule has 0 aliphatic carbocycles. The van der Waals surface area contributed by atoms with Gasteiger partial charge in [-0.2, -0.15) is 0 Å². The van der Waals surface area contributed by atoms with Gasteiger partial charge in [-0.05, 0) is 52.9 Å². The first kappa shape index (κ1) is 18.6. The van der Waals surface area contributed by atoms with Crippen LogP contribution in [0.2, 0.25) is 0 Å². The van der Waals surface area contributed by atoms with Gasteiger partial charge >= 0.3 is 6.09 Å². The van der Waals surface area contributed by atoms with Crippen LogP contribution in [0.1, 0.15) is 58.8 Å². The molecule has 0 N–H and O–H groups in total. The zero-order valence-corrected chi connectivity index (χ0v) is 15.2. The molecule has 1 atom stereocenters. The summed E-state index contributed by atoms with van der Waals surface area (Å²) in [7, 11) is 0. The number of nitrogens with zero attached hydrogens (tertiary/aromatic N) is 3. The summed E-state index contributed by atoms with van der Waals surface area (Å²) in [5, 5.41) is 0. The molecule has 24 heavy (non-hydrogen) atoms. The highest BCUT2D eigenvalue weighted by Crippen LogP contribution is 2.23. The molecule has 0 radical (unpaired) electrons. The van der Waals surface area contributed by atoms with Gasteiger partial charge in [-0.3, -0.25) is 9.97 Å². The highest BCUT2D eigenvalue weighted by Gasteiger charge is 2.26. The Morgan fingerprint density at radius 3 is 2.62 bits per heavy atom. The molecule has 1 aliphatic rings. The first-order valence-electron chi connectivity index (χ1n) is 8.70. The summed E-state index contributed by atoms with van der Waals surface area (Å²) >= 11 is 0. The van der Waals surface area contributed by atoms with E-state index in [4.69, 9.17) is 9.47 Å². The average molecular weight is 335 g/mol. The fourth-order valence-electron chi connectivity index (χ4n) is 2.75. The molecule has 6 nitrogen and oxygen atoms in total. The molecule has 0 spiro atoms. The quantitative estimate of drug-likeness (QED) is 0.823. The van der Waals surface area contributed by atoms with Crippen LogP contribution in [-0.2, 0) is 9.47 Å². The first-order chi connectivity index (χ1) is 11.3. The molecule has 1 fully saturated rings. The molecule has 1 amide bonds. The molecule has 1 aromatic rings. The summed E-state index contributed by atoms with van der Waals surface area (Å²) in [6.07, 6.45) is 7.85. The standard InChI is InChI=1S/C18H29N3O3/c1-14(16-13-19-8-9-20-16)23-12-7-15-5-10-21(11-6-15)17(22)24-18(2,3)4/h8-9,13-15H,5-7,10-12H2,1-4H3/t14-/m0/s1. The minimum atomic E-state index is -0.432. The maximum absolute atomic E-state index is 12.0. The number of ether oxygens (including phenoxy) is 2. The van der Waals surface area contributed by atoms with E-state index in [0.717, 1.165) is 38.0 Å². The third-order valence-corrected chi connectivity index (χ3v) is 4.16. The van der Waals surface area contributed by atoms with Gasteiger partial charge in [0.25, 0.3) is 0 Å². The van der Waals surface area contributed by atoms with E-state index in [0.29, 0.717) is 12.5 Å². The lowest BCUT2D eigenvalue weighted by Gasteiger charge is -2.33. The summed E-state index contributed by atoms with van der Waals surface area (Å²) in [4.78, 5) is 22.2. The number of amides is 1. The van der Waals surface area contributed by atoms with Crippen molar-refractivity contribution in [3.05, 3.63) is 24.3 Å². The van der Waals surface area contributed by atoms with Crippen molar-refractivity contribution >= 4 is 6.09 Å². The number of hydrogen-bond donors (Lipinski definition) is 0. The molecule has 0 aromatic carbocycles. The topological polar surface area (TPSA) is 64.5 Å². The van der Waals surface area contributed by atoms with Crippen LogP contribution in [0.15, 0.2) is 18.6 Å². The number of rotatable bonds is 5. The van der Waals surface area contributed by atoms with Crippen molar-refractivity contribution in [2.75, 3.05) is 19.7 Å². The molecule has 0 unspecified atom stereocenters. The third-order valence-electron chi connectivity index (χ3n) is 4.16. The van der Waals surface area contributed by atoms with Gasteiger partial charge in [0.2, 0.25) is 0 Å². The van der Waals surface area contributed by atoms with E-state index in [1.54, 1.807) is 18.6 Å². The van der Waals surface area contributed by atoms with E-state index >= 15 is 0 Å². The Labute approximate surface area is 144 Å². The van der Waals surface area contributed by atoms with Crippen LogP contribution < -0.4 is 0 Å². The van der Waals surface area contributed by atoms with Crippen molar-refractivity contribution in [3.63, 3.8) is 0 Å². The number of hydrogen-bond acceptors (Lipinski definition) is 5. The monoisotopic (exact) mass is 335 g/mol. The second-order valence-electron chi connectivity index (χ2n) is 7.34. The first-order valence-corrected chi connectivity index (χ1v) is 8.70. The molecule has 1 aromatic heterocycles. The molecule has 0 bridgehead atoms. The number of likely N-dealkylation sites (tertiary alicyclic amines) is 1. The second kappa shape index (κ2) is 8.42. The molecule has 2 rings (SSSR count). The molecular weight excluding hydrogens is 306 g/mol. The molecular formula is C18H29N3O3. The van der Waals surface area contributed by atoms with Crippen LogP contribution >= 0.6 is 0 Å². The van der Waals surface area contributed by atoms with Gasteiger partial charge in [0.05, 0.1) is 18.0 Å². The predicted molar refractivity (Wildman–Crippen MR) is 91.5 cm³/mol. The Hall–Kier alpha value is -1.69. The van der Waals surface area contributed by atoms with Crippen LogP contribution in [0.3, 0.4) is 0 Å². The number of carbonyl (C=O) groups excluding carboxylic acids is 1. The fourth-order valence-corrected chi connectivity index (χ4v) is 2.75. The van der Waals surface area contributed by atoms with E-state index in [-0.39, 0.29) is 12.2 Å². The molecule has 134 valence electrons. The van der Waals surface area contributed by atoms with Gasteiger partial charge in [-0.25, -0.2) is 4.79 Å². The lowest BCUT2D eigenvalue weighted by atomic mass is 9.94. The van der Waals surface area contributed by atoms with Gasteiger partial charge in [0.1, 0.15) is 5.60 Å². The zero-order chi connectivity index (χ0) is 17.6. The van der Waals surface area contributed by atoms with E-state index < -0.39 is 5.60 Å². The summed E-state index contributed by atoms with van der Waals surface area (Å²) in [6.45, 7) is 9.91. The maximum atomic E-state index is 12.0. The smallest absolute Gasteiger partial charge is 0.410 e. The third kappa shape index (κ3) is 6.07. The zero-order valence-electron chi connectivity index (χ0n) is 15.2. The van der Waals surface area contributed by atoms with Crippen molar-refractivity contribution in [2.24, 2.45) is 5.92 Å². The van der Waals surface area contributed by atoms with Crippen LogP contribution in [0, 0.1) is 5.92 Å². The van der Waals surface area contributed by atoms with E-state index in [1.165, 1.54) is 0 Å². The summed E-state index contributed by atoms with van der Waals surface area (Å²) in [5.74, 6) is 0.595. The highest BCUT2D eigenvalue weighted by atomic mass is 16.6. The number of piperidine rings is 1. The Morgan fingerprint density at radius 2 is 2.04 bits per heavy atom. The van der Waals surface area contributed by atoms with Crippen molar-refractivity contribution < 1.29 is 14.3 Å². The van der Waals surface area contributed by atoms with E-state index in [9.17, 15) is 4.79 Å². The Balaban J connectivity index is 1.65. The van der Waals surface area contributed by atoms with E-state index in [2.05, 4.69) is 9.97 Å². The minimum absolute atomic E-state index is 0.0412.